The van der Waals surface area contributed by atoms with E-state index in [0.717, 1.165) is 30.6 Å². The van der Waals surface area contributed by atoms with Crippen molar-refractivity contribution in [3.05, 3.63) is 29.7 Å². The number of nitrogens with zero attached hydrogens (tertiary/aromatic N) is 1. The van der Waals surface area contributed by atoms with Crippen LogP contribution in [0.4, 0.5) is 0 Å². The van der Waals surface area contributed by atoms with Crippen LogP contribution in [0.25, 0.3) is 11.1 Å². The molecule has 4 nitrogen and oxygen atoms in total. The maximum atomic E-state index is 12.2. The molecular formula is C14H16N2O2. The zero-order chi connectivity index (χ0) is 12.5. The maximum Gasteiger partial charge on any atom is 0.192 e. The van der Waals surface area contributed by atoms with E-state index in [2.05, 4.69) is 10.3 Å². The highest BCUT2D eigenvalue weighted by molar-refractivity contribution is 5.98. The number of nitrogens with one attached hydrogen (secondary N) is 1. The van der Waals surface area contributed by atoms with Crippen LogP contribution in [-0.2, 0) is 0 Å². The van der Waals surface area contributed by atoms with Gasteiger partial charge < -0.3 is 9.73 Å². The summed E-state index contributed by atoms with van der Waals surface area (Å²) >= 11 is 0. The highest BCUT2D eigenvalue weighted by atomic mass is 16.3. The molecule has 18 heavy (non-hydrogen) atoms. The Balaban J connectivity index is 1.81. The number of carbonyl (C=O) groups is 1. The van der Waals surface area contributed by atoms with Gasteiger partial charge in [0.1, 0.15) is 5.52 Å². The minimum atomic E-state index is 0.194. The SMILES string of the molecule is Cc1nc2ccc(C(=O)CC3CCNC3)cc2o1. The predicted octanol–water partition coefficient (Wildman–Crippen LogP) is 2.32. The molecule has 0 bridgehead atoms. The van der Waals surface area contributed by atoms with E-state index < -0.39 is 0 Å². The van der Waals surface area contributed by atoms with Gasteiger partial charge in [-0.3, -0.25) is 4.79 Å². The molecule has 1 aromatic carbocycles. The van der Waals surface area contributed by atoms with Crippen LogP contribution in [0.2, 0.25) is 0 Å². The molecule has 4 heteroatoms. The minimum absolute atomic E-state index is 0.194. The quantitative estimate of drug-likeness (QED) is 0.842. The second kappa shape index (κ2) is 4.53. The molecule has 1 aliphatic heterocycles. The van der Waals surface area contributed by atoms with Gasteiger partial charge in [-0.05, 0) is 43.6 Å². The van der Waals surface area contributed by atoms with Gasteiger partial charge >= 0.3 is 0 Å². The Morgan fingerprint density at radius 1 is 1.56 bits per heavy atom. The molecular weight excluding hydrogens is 228 g/mol. The summed E-state index contributed by atoms with van der Waals surface area (Å²) in [5, 5.41) is 3.28. The van der Waals surface area contributed by atoms with Gasteiger partial charge in [-0.2, -0.15) is 0 Å². The Morgan fingerprint density at radius 3 is 3.22 bits per heavy atom. The van der Waals surface area contributed by atoms with Crippen molar-refractivity contribution in [1.82, 2.24) is 10.3 Å². The van der Waals surface area contributed by atoms with Crippen LogP contribution in [0, 0.1) is 12.8 Å². The van der Waals surface area contributed by atoms with Crippen molar-refractivity contribution in [3.63, 3.8) is 0 Å². The molecule has 1 aliphatic rings. The third kappa shape index (κ3) is 2.16. The first-order valence-electron chi connectivity index (χ1n) is 6.33. The van der Waals surface area contributed by atoms with Crippen molar-refractivity contribution >= 4 is 16.9 Å². The smallest absolute Gasteiger partial charge is 0.192 e. The second-order valence-electron chi connectivity index (χ2n) is 4.90. The lowest BCUT2D eigenvalue weighted by Gasteiger charge is -2.06. The van der Waals surface area contributed by atoms with Crippen LogP contribution in [-0.4, -0.2) is 23.9 Å². The summed E-state index contributed by atoms with van der Waals surface area (Å²) in [5.74, 6) is 1.30. The number of ketones is 1. The van der Waals surface area contributed by atoms with E-state index in [1.54, 1.807) is 6.07 Å². The summed E-state index contributed by atoms with van der Waals surface area (Å²) < 4.78 is 5.45. The summed E-state index contributed by atoms with van der Waals surface area (Å²) in [7, 11) is 0. The van der Waals surface area contributed by atoms with Crippen LogP contribution in [0.15, 0.2) is 22.6 Å². The lowest BCUT2D eigenvalue weighted by molar-refractivity contribution is 0.0964. The predicted molar refractivity (Wildman–Crippen MR) is 68.7 cm³/mol. The van der Waals surface area contributed by atoms with E-state index in [0.29, 0.717) is 23.8 Å². The standard InChI is InChI=1S/C14H16N2O2/c1-9-16-12-3-2-11(7-14(12)18-9)13(17)6-10-4-5-15-8-10/h2-3,7,10,15H,4-6,8H2,1H3. The molecule has 1 fully saturated rings. The van der Waals surface area contributed by atoms with Crippen molar-refractivity contribution < 1.29 is 9.21 Å². The first kappa shape index (κ1) is 11.4. The highest BCUT2D eigenvalue weighted by Crippen LogP contribution is 2.20. The number of aromatic nitrogens is 1. The fourth-order valence-electron chi connectivity index (χ4n) is 2.48. The third-order valence-corrected chi connectivity index (χ3v) is 3.45. The molecule has 0 radical (unpaired) electrons. The lowest BCUT2D eigenvalue weighted by atomic mass is 9.97. The van der Waals surface area contributed by atoms with Crippen molar-refractivity contribution in [1.29, 1.82) is 0 Å². The van der Waals surface area contributed by atoms with Crippen LogP contribution in [0.5, 0.6) is 0 Å². The summed E-state index contributed by atoms with van der Waals surface area (Å²) in [6, 6.07) is 5.50. The van der Waals surface area contributed by atoms with E-state index in [9.17, 15) is 4.79 Å². The van der Waals surface area contributed by atoms with Gasteiger partial charge in [0.05, 0.1) is 0 Å². The molecule has 94 valence electrons. The fourth-order valence-corrected chi connectivity index (χ4v) is 2.48. The van der Waals surface area contributed by atoms with E-state index in [1.807, 2.05) is 19.1 Å². The molecule has 1 saturated heterocycles. The summed E-state index contributed by atoms with van der Waals surface area (Å²) in [4.78, 5) is 16.4. The topological polar surface area (TPSA) is 55.1 Å². The number of carbonyl (C=O) groups excluding carboxylic acids is 1. The van der Waals surface area contributed by atoms with Crippen molar-refractivity contribution in [2.24, 2.45) is 5.92 Å². The number of oxazole rings is 1. The van der Waals surface area contributed by atoms with E-state index in [-0.39, 0.29) is 5.78 Å². The zero-order valence-electron chi connectivity index (χ0n) is 10.4. The normalized spacial score (nSPS) is 19.5. The van der Waals surface area contributed by atoms with Gasteiger partial charge in [-0.15, -0.1) is 0 Å². The third-order valence-electron chi connectivity index (χ3n) is 3.45. The van der Waals surface area contributed by atoms with Crippen LogP contribution in [0.1, 0.15) is 29.1 Å². The molecule has 3 rings (SSSR count). The number of benzene rings is 1. The molecule has 0 spiro atoms. The average molecular weight is 244 g/mol. The fraction of sp³-hybridized carbons (Fsp3) is 0.429. The lowest BCUT2D eigenvalue weighted by Crippen LogP contribution is -2.12. The molecule has 0 saturated carbocycles. The molecule has 0 amide bonds. The molecule has 2 aromatic rings. The van der Waals surface area contributed by atoms with Crippen LogP contribution < -0.4 is 5.32 Å². The largest absolute Gasteiger partial charge is 0.441 e. The maximum absolute atomic E-state index is 12.2. The number of rotatable bonds is 3. The Hall–Kier alpha value is -1.68. The number of aryl methyl sites for hydroxylation is 1. The van der Waals surface area contributed by atoms with Crippen LogP contribution >= 0.6 is 0 Å². The van der Waals surface area contributed by atoms with E-state index >= 15 is 0 Å². The Kier molecular flexibility index (Phi) is 2.88. The average Bonchev–Trinajstić information content (AvgIpc) is 2.95. The Bertz CT molecular complexity index is 582. The number of hydrogen-bond acceptors (Lipinski definition) is 4. The second-order valence-corrected chi connectivity index (χ2v) is 4.90. The highest BCUT2D eigenvalue weighted by Gasteiger charge is 2.19. The molecule has 1 N–H and O–H groups in total. The first-order chi connectivity index (χ1) is 8.72. The molecule has 1 atom stereocenters. The van der Waals surface area contributed by atoms with Gasteiger partial charge in [0.2, 0.25) is 0 Å². The Morgan fingerprint density at radius 2 is 2.44 bits per heavy atom. The van der Waals surface area contributed by atoms with Gasteiger partial charge in [-0.25, -0.2) is 4.98 Å². The van der Waals surface area contributed by atoms with Crippen molar-refractivity contribution in [2.45, 2.75) is 19.8 Å². The van der Waals surface area contributed by atoms with Gasteiger partial charge in [0.15, 0.2) is 17.3 Å². The van der Waals surface area contributed by atoms with Crippen molar-refractivity contribution in [2.75, 3.05) is 13.1 Å². The van der Waals surface area contributed by atoms with E-state index in [1.165, 1.54) is 0 Å². The van der Waals surface area contributed by atoms with E-state index in [4.69, 9.17) is 4.42 Å². The number of hydrogen-bond donors (Lipinski definition) is 1. The van der Waals surface area contributed by atoms with Gasteiger partial charge in [0, 0.05) is 18.9 Å². The zero-order valence-corrected chi connectivity index (χ0v) is 10.4. The number of fused-ring (bicyclic) bond motifs is 1. The number of Topliss-reactive ketones (excluding diaryl/α,β-unsaturated/α-hetero) is 1. The minimum Gasteiger partial charge on any atom is -0.441 e. The molecule has 0 aliphatic carbocycles. The van der Waals surface area contributed by atoms with Crippen molar-refractivity contribution in [3.8, 4) is 0 Å². The monoisotopic (exact) mass is 244 g/mol. The summed E-state index contributed by atoms with van der Waals surface area (Å²) in [5.41, 5.74) is 2.24. The van der Waals surface area contributed by atoms with Crippen LogP contribution in [0.3, 0.4) is 0 Å². The van der Waals surface area contributed by atoms with Gasteiger partial charge in [0.25, 0.3) is 0 Å². The molecule has 1 aromatic heterocycles. The summed E-state index contributed by atoms with van der Waals surface area (Å²) in [6.45, 7) is 3.79. The van der Waals surface area contributed by atoms with Gasteiger partial charge in [-0.1, -0.05) is 0 Å². The molecule has 1 unspecified atom stereocenters. The summed E-state index contributed by atoms with van der Waals surface area (Å²) in [6.07, 6.45) is 1.71. The first-order valence-corrected chi connectivity index (χ1v) is 6.33. The Labute approximate surface area is 105 Å². The molecule has 2 heterocycles.